The predicted octanol–water partition coefficient (Wildman–Crippen LogP) is 1.03. The van der Waals surface area contributed by atoms with Crippen molar-refractivity contribution in [1.29, 1.82) is 0 Å². The highest BCUT2D eigenvalue weighted by Crippen LogP contribution is 2.32. The highest BCUT2D eigenvalue weighted by molar-refractivity contribution is 5.76. The first kappa shape index (κ1) is 9.00. The summed E-state index contributed by atoms with van der Waals surface area (Å²) in [7, 11) is 0. The van der Waals surface area contributed by atoms with Crippen LogP contribution in [0.15, 0.2) is 0 Å². The molecule has 3 heterocycles. The van der Waals surface area contributed by atoms with Crippen molar-refractivity contribution in [3.63, 3.8) is 0 Å². The maximum atomic E-state index is 11.5. The van der Waals surface area contributed by atoms with Crippen LogP contribution in [0.2, 0.25) is 0 Å². The van der Waals surface area contributed by atoms with Crippen molar-refractivity contribution in [3.8, 4) is 0 Å². The van der Waals surface area contributed by atoms with Gasteiger partial charge in [-0.15, -0.1) is 0 Å². The van der Waals surface area contributed by atoms with E-state index in [4.69, 9.17) is 4.74 Å². The second kappa shape index (κ2) is 3.66. The van der Waals surface area contributed by atoms with Gasteiger partial charge in [0.15, 0.2) is 0 Å². The number of esters is 1. The molecule has 3 aliphatic rings. The lowest BCUT2D eigenvalue weighted by molar-refractivity contribution is -0.153. The van der Waals surface area contributed by atoms with Gasteiger partial charge in [0, 0.05) is 0 Å². The SMILES string of the molecule is CCOC(=O)[C@H]1CC2CCN1CC2. The van der Waals surface area contributed by atoms with Gasteiger partial charge in [-0.1, -0.05) is 0 Å². The summed E-state index contributed by atoms with van der Waals surface area (Å²) in [6.45, 7) is 4.56. The second-order valence-electron chi connectivity index (χ2n) is 3.98. The van der Waals surface area contributed by atoms with Crippen molar-refractivity contribution in [3.05, 3.63) is 0 Å². The van der Waals surface area contributed by atoms with Crippen LogP contribution in [0, 0.1) is 5.92 Å². The van der Waals surface area contributed by atoms with E-state index in [1.54, 1.807) is 0 Å². The van der Waals surface area contributed by atoms with Gasteiger partial charge in [-0.2, -0.15) is 0 Å². The molecule has 0 spiro atoms. The summed E-state index contributed by atoms with van der Waals surface area (Å²) in [5.74, 6) is 0.770. The highest BCUT2D eigenvalue weighted by Gasteiger charge is 2.38. The van der Waals surface area contributed by atoms with Crippen molar-refractivity contribution >= 4 is 5.97 Å². The van der Waals surface area contributed by atoms with Crippen molar-refractivity contribution in [2.24, 2.45) is 5.92 Å². The molecule has 0 aliphatic carbocycles. The Morgan fingerprint density at radius 2 is 2.15 bits per heavy atom. The van der Waals surface area contributed by atoms with Crippen molar-refractivity contribution in [2.45, 2.75) is 32.2 Å². The summed E-state index contributed by atoms with van der Waals surface area (Å²) in [5, 5.41) is 0. The largest absolute Gasteiger partial charge is 0.465 e. The molecular weight excluding hydrogens is 166 g/mol. The van der Waals surface area contributed by atoms with Crippen molar-refractivity contribution < 1.29 is 9.53 Å². The Balaban J connectivity index is 1.96. The summed E-state index contributed by atoms with van der Waals surface area (Å²) in [4.78, 5) is 13.8. The summed E-state index contributed by atoms with van der Waals surface area (Å²) < 4.78 is 5.05. The molecule has 3 nitrogen and oxygen atoms in total. The Morgan fingerprint density at radius 1 is 1.46 bits per heavy atom. The molecule has 3 saturated heterocycles. The van der Waals surface area contributed by atoms with Crippen LogP contribution >= 0.6 is 0 Å². The van der Waals surface area contributed by atoms with Gasteiger partial charge in [0.05, 0.1) is 6.61 Å². The first-order chi connectivity index (χ1) is 6.31. The molecule has 0 radical (unpaired) electrons. The minimum Gasteiger partial charge on any atom is -0.465 e. The Morgan fingerprint density at radius 3 is 2.62 bits per heavy atom. The maximum absolute atomic E-state index is 11.5. The number of ether oxygens (including phenoxy) is 1. The zero-order chi connectivity index (χ0) is 9.26. The van der Waals surface area contributed by atoms with E-state index in [0.29, 0.717) is 6.61 Å². The Labute approximate surface area is 79.0 Å². The van der Waals surface area contributed by atoms with Crippen molar-refractivity contribution in [1.82, 2.24) is 4.90 Å². The molecule has 0 aromatic rings. The fourth-order valence-corrected chi connectivity index (χ4v) is 2.45. The fraction of sp³-hybridized carbons (Fsp3) is 0.900. The van der Waals surface area contributed by atoms with Gasteiger partial charge in [-0.05, 0) is 45.2 Å². The van der Waals surface area contributed by atoms with Gasteiger partial charge >= 0.3 is 5.97 Å². The lowest BCUT2D eigenvalue weighted by atomic mass is 9.83. The van der Waals surface area contributed by atoms with Crippen LogP contribution < -0.4 is 0 Å². The van der Waals surface area contributed by atoms with Gasteiger partial charge in [-0.25, -0.2) is 0 Å². The normalized spacial score (nSPS) is 37.5. The van der Waals surface area contributed by atoms with Gasteiger partial charge in [-0.3, -0.25) is 9.69 Å². The molecule has 2 bridgehead atoms. The first-order valence-electron chi connectivity index (χ1n) is 5.22. The van der Waals surface area contributed by atoms with Gasteiger partial charge in [0.2, 0.25) is 0 Å². The quantitative estimate of drug-likeness (QED) is 0.599. The van der Waals surface area contributed by atoms with Crippen LogP contribution in [0.1, 0.15) is 26.2 Å². The Bertz CT molecular complexity index is 197. The number of rotatable bonds is 2. The molecule has 0 amide bonds. The average molecular weight is 183 g/mol. The molecule has 3 rings (SSSR count). The van der Waals surface area contributed by atoms with Crippen LogP contribution in [0.4, 0.5) is 0 Å². The Hall–Kier alpha value is -0.570. The van der Waals surface area contributed by atoms with Crippen LogP contribution in [-0.4, -0.2) is 36.6 Å². The summed E-state index contributed by atoms with van der Waals surface area (Å²) in [5.41, 5.74) is 0. The molecule has 3 heteroatoms. The topological polar surface area (TPSA) is 29.5 Å². The second-order valence-corrected chi connectivity index (χ2v) is 3.98. The van der Waals surface area contributed by atoms with Crippen LogP contribution in [0.5, 0.6) is 0 Å². The maximum Gasteiger partial charge on any atom is 0.323 e. The zero-order valence-electron chi connectivity index (χ0n) is 8.16. The molecule has 3 aliphatic heterocycles. The van der Waals surface area contributed by atoms with Crippen LogP contribution in [0.3, 0.4) is 0 Å². The average Bonchev–Trinajstić information content (AvgIpc) is 2.20. The highest BCUT2D eigenvalue weighted by atomic mass is 16.5. The fourth-order valence-electron chi connectivity index (χ4n) is 2.45. The molecule has 0 saturated carbocycles. The van der Waals surface area contributed by atoms with E-state index in [2.05, 4.69) is 4.90 Å². The predicted molar refractivity (Wildman–Crippen MR) is 49.3 cm³/mol. The number of nitrogens with zero attached hydrogens (tertiary/aromatic N) is 1. The number of hydrogen-bond acceptors (Lipinski definition) is 3. The Kier molecular flexibility index (Phi) is 2.54. The molecule has 0 unspecified atom stereocenters. The molecular formula is C10H17NO2. The van der Waals surface area contributed by atoms with E-state index in [0.717, 1.165) is 25.4 Å². The molecule has 13 heavy (non-hydrogen) atoms. The van der Waals surface area contributed by atoms with Crippen molar-refractivity contribution in [2.75, 3.05) is 19.7 Å². The van der Waals surface area contributed by atoms with Gasteiger partial charge in [0.25, 0.3) is 0 Å². The standard InChI is InChI=1S/C10H17NO2/c1-2-13-10(12)9-7-8-3-5-11(9)6-4-8/h8-9H,2-7H2,1H3/t9-/m1/s1. The van der Waals surface area contributed by atoms with E-state index in [-0.39, 0.29) is 12.0 Å². The lowest BCUT2D eigenvalue weighted by Gasteiger charge is -2.43. The smallest absolute Gasteiger partial charge is 0.323 e. The summed E-state index contributed by atoms with van der Waals surface area (Å²) in [6.07, 6.45) is 3.57. The van der Waals surface area contributed by atoms with E-state index in [1.807, 2.05) is 6.92 Å². The van der Waals surface area contributed by atoms with Gasteiger partial charge in [0.1, 0.15) is 6.04 Å². The first-order valence-corrected chi connectivity index (χ1v) is 5.22. The van der Waals surface area contributed by atoms with Crippen LogP contribution in [0.25, 0.3) is 0 Å². The number of hydrogen-bond donors (Lipinski definition) is 0. The summed E-state index contributed by atoms with van der Waals surface area (Å²) >= 11 is 0. The molecule has 1 atom stereocenters. The number of piperidine rings is 3. The van der Waals surface area contributed by atoms with Crippen LogP contribution in [-0.2, 0) is 9.53 Å². The third kappa shape index (κ3) is 1.70. The monoisotopic (exact) mass is 183 g/mol. The number of carbonyl (C=O) groups is 1. The lowest BCUT2D eigenvalue weighted by Crippen LogP contribution is -2.52. The molecule has 74 valence electrons. The van der Waals surface area contributed by atoms with E-state index < -0.39 is 0 Å². The van der Waals surface area contributed by atoms with Gasteiger partial charge < -0.3 is 4.74 Å². The van der Waals surface area contributed by atoms with E-state index >= 15 is 0 Å². The zero-order valence-corrected chi connectivity index (χ0v) is 8.16. The molecule has 0 N–H and O–H groups in total. The minimum absolute atomic E-state index is 0.00750. The number of carbonyl (C=O) groups excluding carboxylic acids is 1. The van der Waals surface area contributed by atoms with E-state index in [1.165, 1.54) is 12.8 Å². The molecule has 0 aromatic heterocycles. The molecule has 0 aromatic carbocycles. The third-order valence-corrected chi connectivity index (χ3v) is 3.21. The molecule has 3 fully saturated rings. The third-order valence-electron chi connectivity index (χ3n) is 3.21. The minimum atomic E-state index is -0.00750. The van der Waals surface area contributed by atoms with E-state index in [9.17, 15) is 4.79 Å². The summed E-state index contributed by atoms with van der Waals surface area (Å²) in [6, 6.07) is 0.0763. The number of fused-ring (bicyclic) bond motifs is 3.